The Labute approximate surface area is 155 Å². The molecule has 0 aliphatic heterocycles. The number of guanidine groups is 1. The standard InChI is InChI=1S/C16H26N4O2.HI/c1-3-5-6-9-12-18-16(17-4-2)19-13-14-10-7-8-11-15(14)20(21)22;/h7-8,10-11H,3-6,9,12-13H2,1-2H3,(H2,17,18,19);1H. The fraction of sp³-hybridized carbons (Fsp3) is 0.562. The highest BCUT2D eigenvalue weighted by Gasteiger charge is 2.11. The van der Waals surface area contributed by atoms with Gasteiger partial charge in [-0.3, -0.25) is 10.1 Å². The van der Waals surface area contributed by atoms with E-state index in [-0.39, 0.29) is 34.6 Å². The molecule has 0 aliphatic carbocycles. The lowest BCUT2D eigenvalue weighted by molar-refractivity contribution is -0.385. The third kappa shape index (κ3) is 8.73. The maximum absolute atomic E-state index is 11.0. The van der Waals surface area contributed by atoms with Crippen molar-refractivity contribution in [1.82, 2.24) is 10.6 Å². The average Bonchev–Trinajstić information content (AvgIpc) is 2.52. The SMILES string of the molecule is CCCCCCNC(=NCc1ccccc1[N+](=O)[O-])NCC.I. The number of rotatable bonds is 9. The second kappa shape index (κ2) is 13.1. The number of nitro benzene ring substituents is 1. The second-order valence-electron chi connectivity index (χ2n) is 5.07. The van der Waals surface area contributed by atoms with E-state index in [0.717, 1.165) is 19.5 Å². The number of nitrogens with zero attached hydrogens (tertiary/aromatic N) is 2. The Morgan fingerprint density at radius 2 is 1.91 bits per heavy atom. The van der Waals surface area contributed by atoms with Crippen LogP contribution in [0.4, 0.5) is 5.69 Å². The minimum absolute atomic E-state index is 0. The Bertz CT molecular complexity index is 495. The van der Waals surface area contributed by atoms with Crippen LogP contribution in [0.3, 0.4) is 0 Å². The first-order valence-corrected chi connectivity index (χ1v) is 7.93. The van der Waals surface area contributed by atoms with Gasteiger partial charge in [0.25, 0.3) is 5.69 Å². The van der Waals surface area contributed by atoms with E-state index in [9.17, 15) is 10.1 Å². The molecule has 130 valence electrons. The summed E-state index contributed by atoms with van der Waals surface area (Å²) in [6.07, 6.45) is 4.76. The summed E-state index contributed by atoms with van der Waals surface area (Å²) in [7, 11) is 0. The van der Waals surface area contributed by atoms with Gasteiger partial charge in [-0.05, 0) is 13.3 Å². The monoisotopic (exact) mass is 434 g/mol. The molecule has 0 atom stereocenters. The third-order valence-corrected chi connectivity index (χ3v) is 3.26. The Morgan fingerprint density at radius 3 is 2.57 bits per heavy atom. The van der Waals surface area contributed by atoms with Crippen molar-refractivity contribution in [3.05, 3.63) is 39.9 Å². The molecule has 0 radical (unpaired) electrons. The van der Waals surface area contributed by atoms with E-state index in [1.165, 1.54) is 25.3 Å². The normalized spacial score (nSPS) is 10.8. The van der Waals surface area contributed by atoms with Crippen LogP contribution >= 0.6 is 24.0 Å². The zero-order valence-corrected chi connectivity index (χ0v) is 16.2. The Morgan fingerprint density at radius 1 is 1.17 bits per heavy atom. The van der Waals surface area contributed by atoms with Crippen molar-refractivity contribution < 1.29 is 4.92 Å². The zero-order valence-electron chi connectivity index (χ0n) is 13.9. The van der Waals surface area contributed by atoms with Gasteiger partial charge in [0.05, 0.1) is 17.0 Å². The number of para-hydroxylation sites is 1. The van der Waals surface area contributed by atoms with Gasteiger partial charge >= 0.3 is 0 Å². The first-order valence-electron chi connectivity index (χ1n) is 7.93. The van der Waals surface area contributed by atoms with Gasteiger partial charge in [0.15, 0.2) is 5.96 Å². The van der Waals surface area contributed by atoms with Gasteiger partial charge in [-0.25, -0.2) is 4.99 Å². The smallest absolute Gasteiger partial charge is 0.274 e. The molecule has 6 nitrogen and oxygen atoms in total. The van der Waals surface area contributed by atoms with E-state index in [1.54, 1.807) is 18.2 Å². The number of halogens is 1. The summed E-state index contributed by atoms with van der Waals surface area (Å²) < 4.78 is 0. The summed E-state index contributed by atoms with van der Waals surface area (Å²) in [5.41, 5.74) is 0.737. The topological polar surface area (TPSA) is 79.6 Å². The Hall–Kier alpha value is -1.38. The Kier molecular flexibility index (Phi) is 12.3. The molecule has 0 saturated heterocycles. The lowest BCUT2D eigenvalue weighted by atomic mass is 10.2. The lowest BCUT2D eigenvalue weighted by Crippen LogP contribution is -2.37. The van der Waals surface area contributed by atoms with Crippen LogP contribution in [0.5, 0.6) is 0 Å². The molecule has 0 unspecified atom stereocenters. The Balaban J connectivity index is 0.00000484. The fourth-order valence-electron chi connectivity index (χ4n) is 2.09. The molecule has 2 N–H and O–H groups in total. The van der Waals surface area contributed by atoms with Gasteiger partial charge < -0.3 is 10.6 Å². The van der Waals surface area contributed by atoms with E-state index < -0.39 is 0 Å². The molecule has 0 amide bonds. The summed E-state index contributed by atoms with van der Waals surface area (Å²) in [5, 5.41) is 17.4. The summed E-state index contributed by atoms with van der Waals surface area (Å²) in [6.45, 7) is 6.10. The van der Waals surface area contributed by atoms with E-state index in [2.05, 4.69) is 22.5 Å². The van der Waals surface area contributed by atoms with E-state index in [4.69, 9.17) is 0 Å². The van der Waals surface area contributed by atoms with Crippen molar-refractivity contribution in [1.29, 1.82) is 0 Å². The molecule has 23 heavy (non-hydrogen) atoms. The first kappa shape index (κ1) is 21.6. The van der Waals surface area contributed by atoms with Crippen molar-refractivity contribution in [2.24, 2.45) is 4.99 Å². The zero-order chi connectivity index (χ0) is 16.2. The summed E-state index contributed by atoms with van der Waals surface area (Å²) in [5.74, 6) is 0.706. The average molecular weight is 434 g/mol. The molecule has 0 aliphatic rings. The van der Waals surface area contributed by atoms with Gasteiger partial charge in [-0.2, -0.15) is 0 Å². The van der Waals surface area contributed by atoms with E-state index in [0.29, 0.717) is 18.1 Å². The largest absolute Gasteiger partial charge is 0.357 e. The summed E-state index contributed by atoms with van der Waals surface area (Å²) >= 11 is 0. The van der Waals surface area contributed by atoms with Crippen LogP contribution in [-0.2, 0) is 6.54 Å². The van der Waals surface area contributed by atoms with Gasteiger partial charge in [0.1, 0.15) is 0 Å². The summed E-state index contributed by atoms with van der Waals surface area (Å²) in [6, 6.07) is 6.72. The number of aliphatic imine (C=N–C) groups is 1. The van der Waals surface area contributed by atoms with Crippen LogP contribution in [0.15, 0.2) is 29.3 Å². The van der Waals surface area contributed by atoms with Gasteiger partial charge in [-0.1, -0.05) is 44.4 Å². The highest BCUT2D eigenvalue weighted by atomic mass is 127. The van der Waals surface area contributed by atoms with Crippen LogP contribution in [-0.4, -0.2) is 24.0 Å². The van der Waals surface area contributed by atoms with Crippen LogP contribution in [0, 0.1) is 10.1 Å². The highest BCUT2D eigenvalue weighted by molar-refractivity contribution is 14.0. The van der Waals surface area contributed by atoms with Crippen molar-refractivity contribution >= 4 is 35.6 Å². The van der Waals surface area contributed by atoms with E-state index in [1.807, 2.05) is 6.92 Å². The molecule has 0 heterocycles. The minimum Gasteiger partial charge on any atom is -0.357 e. The highest BCUT2D eigenvalue weighted by Crippen LogP contribution is 2.18. The number of hydrogen-bond acceptors (Lipinski definition) is 3. The number of benzene rings is 1. The molecule has 0 saturated carbocycles. The second-order valence-corrected chi connectivity index (χ2v) is 5.07. The van der Waals surface area contributed by atoms with Crippen LogP contribution < -0.4 is 10.6 Å². The molecule has 7 heteroatoms. The molecule has 0 bridgehead atoms. The predicted molar refractivity (Wildman–Crippen MR) is 105 cm³/mol. The third-order valence-electron chi connectivity index (χ3n) is 3.26. The lowest BCUT2D eigenvalue weighted by Gasteiger charge is -2.11. The molecule has 0 fully saturated rings. The molecule has 1 rings (SSSR count). The minimum atomic E-state index is -0.365. The van der Waals surface area contributed by atoms with Crippen molar-refractivity contribution in [3.8, 4) is 0 Å². The maximum Gasteiger partial charge on any atom is 0.274 e. The molecular weight excluding hydrogens is 407 g/mol. The molecule has 0 spiro atoms. The predicted octanol–water partition coefficient (Wildman–Crippen LogP) is 3.85. The van der Waals surface area contributed by atoms with Crippen LogP contribution in [0.1, 0.15) is 45.1 Å². The first-order chi connectivity index (χ1) is 10.7. The van der Waals surface area contributed by atoms with Crippen LogP contribution in [0.2, 0.25) is 0 Å². The number of unbranched alkanes of at least 4 members (excludes halogenated alkanes) is 3. The number of nitrogens with one attached hydrogen (secondary N) is 2. The maximum atomic E-state index is 11.0. The molecule has 1 aromatic rings. The molecule has 1 aromatic carbocycles. The van der Waals surface area contributed by atoms with Gasteiger partial charge in [0.2, 0.25) is 0 Å². The van der Waals surface area contributed by atoms with Crippen molar-refractivity contribution in [2.75, 3.05) is 13.1 Å². The van der Waals surface area contributed by atoms with Gasteiger partial charge in [-0.15, -0.1) is 24.0 Å². The van der Waals surface area contributed by atoms with Crippen molar-refractivity contribution in [3.63, 3.8) is 0 Å². The van der Waals surface area contributed by atoms with Gasteiger partial charge in [0, 0.05) is 19.2 Å². The summed E-state index contributed by atoms with van der Waals surface area (Å²) in [4.78, 5) is 15.1. The quantitative estimate of drug-likeness (QED) is 0.155. The number of hydrogen-bond donors (Lipinski definition) is 2. The van der Waals surface area contributed by atoms with Crippen LogP contribution in [0.25, 0.3) is 0 Å². The molecular formula is C16H27IN4O2. The van der Waals surface area contributed by atoms with Crippen molar-refractivity contribution in [2.45, 2.75) is 46.1 Å². The van der Waals surface area contributed by atoms with E-state index >= 15 is 0 Å². The fourth-order valence-corrected chi connectivity index (χ4v) is 2.09. The number of nitro groups is 1. The molecule has 0 aromatic heterocycles.